The van der Waals surface area contributed by atoms with Crippen LogP contribution in [0.3, 0.4) is 0 Å². The Morgan fingerprint density at radius 3 is 2.94 bits per heavy atom. The molecule has 0 atom stereocenters. The molecule has 0 spiro atoms. The lowest BCUT2D eigenvalue weighted by Crippen LogP contribution is -1.97. The largest absolute Gasteiger partial charge is 0.483 e. The van der Waals surface area contributed by atoms with Gasteiger partial charge in [-0.25, -0.2) is 9.37 Å². The number of aromatic nitrogens is 1. The van der Waals surface area contributed by atoms with Crippen molar-refractivity contribution in [1.29, 1.82) is 0 Å². The molecule has 0 bridgehead atoms. The monoisotopic (exact) mass is 267 g/mol. The maximum absolute atomic E-state index is 13.3. The second-order valence-corrected chi connectivity index (χ2v) is 4.72. The summed E-state index contributed by atoms with van der Waals surface area (Å²) in [6.45, 7) is 0.434. The fourth-order valence-electron chi connectivity index (χ4n) is 1.49. The van der Waals surface area contributed by atoms with Gasteiger partial charge in [-0.1, -0.05) is 12.1 Å². The van der Waals surface area contributed by atoms with Crippen LogP contribution < -0.4 is 4.74 Å². The Morgan fingerprint density at radius 1 is 1.33 bits per heavy atom. The van der Waals surface area contributed by atoms with Crippen LogP contribution in [0.4, 0.5) is 4.39 Å². The summed E-state index contributed by atoms with van der Waals surface area (Å²) in [5.74, 6) is -0.126. The first-order valence-corrected chi connectivity index (χ1v) is 6.59. The van der Waals surface area contributed by atoms with Crippen LogP contribution in [0, 0.1) is 5.82 Å². The molecule has 1 aromatic heterocycles. The molecule has 0 aliphatic rings. The fourth-order valence-corrected chi connectivity index (χ4v) is 2.23. The number of para-hydroxylation sites is 1. The van der Waals surface area contributed by atoms with Crippen molar-refractivity contribution < 1.29 is 14.2 Å². The molecule has 1 heterocycles. The van der Waals surface area contributed by atoms with Crippen LogP contribution in [0.1, 0.15) is 17.1 Å². The van der Waals surface area contributed by atoms with E-state index in [9.17, 15) is 4.39 Å². The molecular formula is C13H14FNO2S. The summed E-state index contributed by atoms with van der Waals surface area (Å²) in [7, 11) is 0. The summed E-state index contributed by atoms with van der Waals surface area (Å²) in [6.07, 6.45) is 1.46. The predicted octanol–water partition coefficient (Wildman–Crippen LogP) is 2.79. The Kier molecular flexibility index (Phi) is 4.66. The minimum atomic E-state index is -0.366. The topological polar surface area (TPSA) is 42.4 Å². The molecule has 0 unspecified atom stereocenters. The molecule has 2 aromatic rings. The molecule has 18 heavy (non-hydrogen) atoms. The Labute approximate surface area is 109 Å². The first-order chi connectivity index (χ1) is 8.79. The van der Waals surface area contributed by atoms with E-state index < -0.39 is 0 Å². The number of aryl methyl sites for hydroxylation is 1. The Hall–Kier alpha value is -1.46. The van der Waals surface area contributed by atoms with E-state index in [0.717, 1.165) is 17.1 Å². The highest BCUT2D eigenvalue weighted by atomic mass is 32.1. The van der Waals surface area contributed by atoms with Gasteiger partial charge in [0.2, 0.25) is 0 Å². The van der Waals surface area contributed by atoms with Gasteiger partial charge < -0.3 is 9.84 Å². The summed E-state index contributed by atoms with van der Waals surface area (Å²) in [5.41, 5.74) is 0.946. The summed E-state index contributed by atoms with van der Waals surface area (Å²) in [6, 6.07) is 6.31. The van der Waals surface area contributed by atoms with Crippen molar-refractivity contribution in [3.05, 3.63) is 46.2 Å². The van der Waals surface area contributed by atoms with Gasteiger partial charge in [0.05, 0.1) is 5.69 Å². The zero-order valence-electron chi connectivity index (χ0n) is 9.80. The van der Waals surface area contributed by atoms with Gasteiger partial charge in [0, 0.05) is 12.0 Å². The predicted molar refractivity (Wildman–Crippen MR) is 68.3 cm³/mol. The lowest BCUT2D eigenvalue weighted by Gasteiger charge is -2.04. The number of halogens is 1. The zero-order chi connectivity index (χ0) is 12.8. The van der Waals surface area contributed by atoms with E-state index in [1.165, 1.54) is 17.4 Å². The van der Waals surface area contributed by atoms with Crippen LogP contribution in [-0.4, -0.2) is 16.7 Å². The molecule has 0 saturated heterocycles. The summed E-state index contributed by atoms with van der Waals surface area (Å²) in [5, 5.41) is 11.5. The third-order valence-electron chi connectivity index (χ3n) is 2.38. The molecule has 5 heteroatoms. The average Bonchev–Trinajstić information content (AvgIpc) is 2.83. The van der Waals surface area contributed by atoms with Crippen LogP contribution in [0.25, 0.3) is 0 Å². The van der Waals surface area contributed by atoms with Gasteiger partial charge >= 0.3 is 0 Å². The molecule has 1 N–H and O–H groups in total. The Balaban J connectivity index is 1.90. The number of benzene rings is 1. The van der Waals surface area contributed by atoms with E-state index >= 15 is 0 Å². The zero-order valence-corrected chi connectivity index (χ0v) is 10.6. The van der Waals surface area contributed by atoms with Gasteiger partial charge in [-0.05, 0) is 25.0 Å². The molecule has 3 nitrogen and oxygen atoms in total. The lowest BCUT2D eigenvalue weighted by molar-refractivity contribution is 0.286. The van der Waals surface area contributed by atoms with Gasteiger partial charge in [0.1, 0.15) is 11.6 Å². The molecule has 0 radical (unpaired) electrons. The van der Waals surface area contributed by atoms with Gasteiger partial charge in [0.15, 0.2) is 11.6 Å². The van der Waals surface area contributed by atoms with Crippen molar-refractivity contribution in [2.75, 3.05) is 6.61 Å². The maximum atomic E-state index is 13.3. The van der Waals surface area contributed by atoms with E-state index in [-0.39, 0.29) is 24.8 Å². The third-order valence-corrected chi connectivity index (χ3v) is 3.25. The highest BCUT2D eigenvalue weighted by Gasteiger charge is 2.05. The van der Waals surface area contributed by atoms with Crippen LogP contribution in [0.2, 0.25) is 0 Å². The molecular weight excluding hydrogens is 253 g/mol. The van der Waals surface area contributed by atoms with Crippen molar-refractivity contribution in [3.63, 3.8) is 0 Å². The van der Waals surface area contributed by atoms with E-state index in [0.29, 0.717) is 6.42 Å². The number of thiazole rings is 1. The van der Waals surface area contributed by atoms with E-state index in [1.807, 2.05) is 5.38 Å². The quantitative estimate of drug-likeness (QED) is 0.875. The third kappa shape index (κ3) is 3.51. The van der Waals surface area contributed by atoms with Gasteiger partial charge in [-0.15, -0.1) is 11.3 Å². The number of aliphatic hydroxyl groups excluding tert-OH is 1. The van der Waals surface area contributed by atoms with Crippen molar-refractivity contribution in [1.82, 2.24) is 4.98 Å². The Morgan fingerprint density at radius 2 is 2.17 bits per heavy atom. The number of hydrogen-bond acceptors (Lipinski definition) is 4. The van der Waals surface area contributed by atoms with Crippen LogP contribution in [0.5, 0.6) is 5.75 Å². The number of hydrogen-bond donors (Lipinski definition) is 1. The van der Waals surface area contributed by atoms with Crippen molar-refractivity contribution >= 4 is 11.3 Å². The van der Waals surface area contributed by atoms with Crippen molar-refractivity contribution in [2.24, 2.45) is 0 Å². The van der Waals surface area contributed by atoms with Crippen molar-refractivity contribution in [3.8, 4) is 5.75 Å². The van der Waals surface area contributed by atoms with Crippen LogP contribution in [-0.2, 0) is 13.0 Å². The first kappa shape index (κ1) is 13.0. The van der Waals surface area contributed by atoms with E-state index in [2.05, 4.69) is 4.98 Å². The number of ether oxygens (including phenoxy) is 1. The Bertz CT molecular complexity index is 501. The minimum absolute atomic E-state index is 0.165. The molecule has 0 aliphatic carbocycles. The van der Waals surface area contributed by atoms with Crippen LogP contribution in [0.15, 0.2) is 29.6 Å². The van der Waals surface area contributed by atoms with Gasteiger partial charge in [-0.3, -0.25) is 0 Å². The molecule has 0 amide bonds. The van der Waals surface area contributed by atoms with E-state index in [4.69, 9.17) is 9.84 Å². The second-order valence-electron chi connectivity index (χ2n) is 3.78. The van der Waals surface area contributed by atoms with Gasteiger partial charge in [0.25, 0.3) is 0 Å². The average molecular weight is 267 g/mol. The highest BCUT2D eigenvalue weighted by molar-refractivity contribution is 7.09. The smallest absolute Gasteiger partial charge is 0.165 e. The minimum Gasteiger partial charge on any atom is -0.483 e. The first-order valence-electron chi connectivity index (χ1n) is 5.71. The summed E-state index contributed by atoms with van der Waals surface area (Å²) in [4.78, 5) is 4.35. The van der Waals surface area contributed by atoms with Crippen LogP contribution >= 0.6 is 11.3 Å². The number of rotatable bonds is 6. The molecule has 1 aromatic carbocycles. The SMILES string of the molecule is OCCCc1csc(COc2ccccc2F)n1. The molecule has 0 saturated carbocycles. The molecule has 96 valence electrons. The van der Waals surface area contributed by atoms with E-state index in [1.54, 1.807) is 18.2 Å². The maximum Gasteiger partial charge on any atom is 0.165 e. The van der Waals surface area contributed by atoms with Gasteiger partial charge in [-0.2, -0.15) is 0 Å². The summed E-state index contributed by atoms with van der Waals surface area (Å²) < 4.78 is 18.7. The molecule has 0 fully saturated rings. The highest BCUT2D eigenvalue weighted by Crippen LogP contribution is 2.18. The lowest BCUT2D eigenvalue weighted by atomic mass is 10.3. The standard InChI is InChI=1S/C13H14FNO2S/c14-11-5-1-2-6-12(11)17-8-13-15-10(9-18-13)4-3-7-16/h1-2,5-6,9,16H,3-4,7-8H2. The number of nitrogens with zero attached hydrogens (tertiary/aromatic N) is 1. The summed E-state index contributed by atoms with van der Waals surface area (Å²) >= 11 is 1.48. The number of aliphatic hydroxyl groups is 1. The second kappa shape index (κ2) is 6.47. The molecule has 0 aliphatic heterocycles. The van der Waals surface area contributed by atoms with Crippen molar-refractivity contribution in [2.45, 2.75) is 19.4 Å². The fraction of sp³-hybridized carbons (Fsp3) is 0.308. The molecule has 2 rings (SSSR count). The normalized spacial score (nSPS) is 10.6.